The van der Waals surface area contributed by atoms with Gasteiger partial charge >= 0.3 is 6.01 Å². The van der Waals surface area contributed by atoms with Crippen molar-refractivity contribution in [2.24, 2.45) is 4.99 Å². The molecule has 0 saturated carbocycles. The molecule has 27 heavy (non-hydrogen) atoms. The summed E-state index contributed by atoms with van der Waals surface area (Å²) in [6.07, 6.45) is 1.06. The number of rotatable bonds is 6. The van der Waals surface area contributed by atoms with Gasteiger partial charge in [0.2, 0.25) is 0 Å². The average Bonchev–Trinajstić information content (AvgIpc) is 2.69. The predicted molar refractivity (Wildman–Crippen MR) is 102 cm³/mol. The highest BCUT2D eigenvalue weighted by molar-refractivity contribution is 5.94. The van der Waals surface area contributed by atoms with E-state index in [4.69, 9.17) is 9.47 Å². The quantitative estimate of drug-likeness (QED) is 0.518. The highest BCUT2D eigenvalue weighted by atomic mass is 19.1. The lowest BCUT2D eigenvalue weighted by molar-refractivity contribution is 0.279. The summed E-state index contributed by atoms with van der Waals surface area (Å²) in [6, 6.07) is 16.9. The Hall–Kier alpha value is -3.48. The molecule has 3 aromatic rings. The lowest BCUT2D eigenvalue weighted by Crippen LogP contribution is -2.11. The molecule has 0 saturated heterocycles. The molecule has 0 amide bonds. The first-order valence-corrected chi connectivity index (χ1v) is 8.29. The fourth-order valence-electron chi connectivity index (χ4n) is 2.31. The van der Waals surface area contributed by atoms with Gasteiger partial charge in [0, 0.05) is 0 Å². The molecule has 0 aliphatic rings. The first kappa shape index (κ1) is 18.3. The van der Waals surface area contributed by atoms with Crippen molar-refractivity contribution in [2.75, 3.05) is 12.4 Å². The summed E-state index contributed by atoms with van der Waals surface area (Å²) in [5.74, 6) is 0.637. The molecular formula is C20H19FN4O2. The molecule has 2 aromatic carbocycles. The zero-order valence-electron chi connectivity index (χ0n) is 15.0. The van der Waals surface area contributed by atoms with Crippen molar-refractivity contribution in [1.82, 2.24) is 9.97 Å². The number of benzene rings is 2. The fraction of sp³-hybridized carbons (Fsp3) is 0.150. The van der Waals surface area contributed by atoms with E-state index in [1.165, 1.54) is 0 Å². The van der Waals surface area contributed by atoms with Crippen LogP contribution in [0.3, 0.4) is 0 Å². The second-order valence-electron chi connectivity index (χ2n) is 5.65. The minimum Gasteiger partial charge on any atom is -0.497 e. The van der Waals surface area contributed by atoms with Crippen molar-refractivity contribution < 1.29 is 13.9 Å². The molecule has 0 aliphatic carbocycles. The number of aromatic nitrogens is 2. The van der Waals surface area contributed by atoms with Crippen molar-refractivity contribution in [3.05, 3.63) is 72.2 Å². The molecule has 6 nitrogen and oxygen atoms in total. The van der Waals surface area contributed by atoms with E-state index in [1.807, 2.05) is 54.6 Å². The van der Waals surface area contributed by atoms with Crippen molar-refractivity contribution in [1.29, 1.82) is 0 Å². The molecule has 0 unspecified atom stereocenters. The maximum absolute atomic E-state index is 14.0. The van der Waals surface area contributed by atoms with Crippen molar-refractivity contribution in [2.45, 2.75) is 13.5 Å². The maximum Gasteiger partial charge on any atom is 0.318 e. The standard InChI is InChI=1S/C20H19FN4O2/c1-14(23-16-8-4-3-5-9-16)24-19-18(21)12-22-20(25-19)27-13-15-7-6-10-17(11-15)26-2/h3-12H,13H2,1-2H3,(H,22,23,24,25). The molecule has 0 spiro atoms. The molecule has 1 heterocycles. The van der Waals surface area contributed by atoms with Crippen LogP contribution in [-0.4, -0.2) is 22.9 Å². The minimum absolute atomic E-state index is 0.00261. The SMILES string of the molecule is COc1cccc(COc2ncc(F)c(N/C(C)=N\c3ccccc3)n2)c1. The Morgan fingerprint density at radius 1 is 1.15 bits per heavy atom. The number of amidine groups is 1. The average molecular weight is 366 g/mol. The van der Waals surface area contributed by atoms with E-state index in [-0.39, 0.29) is 18.4 Å². The van der Waals surface area contributed by atoms with Crippen LogP contribution in [0, 0.1) is 5.82 Å². The lowest BCUT2D eigenvalue weighted by atomic mass is 10.2. The first-order chi connectivity index (χ1) is 13.1. The Morgan fingerprint density at radius 2 is 1.96 bits per heavy atom. The third-order valence-electron chi connectivity index (χ3n) is 3.58. The Bertz CT molecular complexity index is 932. The van der Waals surface area contributed by atoms with Gasteiger partial charge in [-0.2, -0.15) is 4.98 Å². The van der Waals surface area contributed by atoms with Gasteiger partial charge in [0.1, 0.15) is 18.2 Å². The maximum atomic E-state index is 14.0. The Kier molecular flexibility index (Phi) is 5.94. The zero-order valence-corrected chi connectivity index (χ0v) is 15.0. The highest BCUT2D eigenvalue weighted by Gasteiger charge is 2.09. The summed E-state index contributed by atoms with van der Waals surface area (Å²) in [6.45, 7) is 1.96. The number of ether oxygens (including phenoxy) is 2. The van der Waals surface area contributed by atoms with Crippen LogP contribution in [0.2, 0.25) is 0 Å². The Morgan fingerprint density at radius 3 is 2.74 bits per heavy atom. The van der Waals surface area contributed by atoms with E-state index in [2.05, 4.69) is 20.3 Å². The summed E-state index contributed by atoms with van der Waals surface area (Å²) in [7, 11) is 1.60. The summed E-state index contributed by atoms with van der Waals surface area (Å²) < 4.78 is 24.8. The summed E-state index contributed by atoms with van der Waals surface area (Å²) in [4.78, 5) is 12.3. The van der Waals surface area contributed by atoms with E-state index < -0.39 is 5.82 Å². The van der Waals surface area contributed by atoms with Gasteiger partial charge in [-0.1, -0.05) is 30.3 Å². The monoisotopic (exact) mass is 366 g/mol. The molecule has 7 heteroatoms. The number of hydrogen-bond donors (Lipinski definition) is 1. The van der Waals surface area contributed by atoms with Crippen molar-refractivity contribution >= 4 is 17.3 Å². The number of nitrogens with one attached hydrogen (secondary N) is 1. The molecule has 0 aliphatic heterocycles. The molecule has 1 aromatic heterocycles. The van der Waals surface area contributed by atoms with E-state index in [9.17, 15) is 4.39 Å². The van der Waals surface area contributed by atoms with Gasteiger partial charge in [0.05, 0.1) is 19.0 Å². The molecule has 0 atom stereocenters. The topological polar surface area (TPSA) is 68.6 Å². The number of hydrogen-bond acceptors (Lipinski definition) is 5. The number of para-hydroxylation sites is 1. The van der Waals surface area contributed by atoms with E-state index in [0.29, 0.717) is 5.84 Å². The minimum atomic E-state index is -0.591. The van der Waals surface area contributed by atoms with Crippen LogP contribution in [0.5, 0.6) is 11.8 Å². The molecule has 0 radical (unpaired) electrons. The number of anilines is 1. The molecule has 1 N–H and O–H groups in total. The number of halogens is 1. The van der Waals surface area contributed by atoms with Crippen LogP contribution in [0.4, 0.5) is 15.9 Å². The molecule has 0 fully saturated rings. The van der Waals surface area contributed by atoms with Gasteiger partial charge in [-0.05, 0) is 36.8 Å². The molecule has 0 bridgehead atoms. The predicted octanol–water partition coefficient (Wildman–Crippen LogP) is 4.37. The van der Waals surface area contributed by atoms with Crippen LogP contribution in [0.1, 0.15) is 12.5 Å². The van der Waals surface area contributed by atoms with E-state index in [1.54, 1.807) is 14.0 Å². The third-order valence-corrected chi connectivity index (χ3v) is 3.58. The van der Waals surface area contributed by atoms with Crippen LogP contribution < -0.4 is 14.8 Å². The largest absolute Gasteiger partial charge is 0.497 e. The van der Waals surface area contributed by atoms with Crippen LogP contribution in [0.25, 0.3) is 0 Å². The third kappa shape index (κ3) is 5.24. The summed E-state index contributed by atoms with van der Waals surface area (Å²) in [5, 5.41) is 2.84. The molecular weight excluding hydrogens is 347 g/mol. The van der Waals surface area contributed by atoms with Crippen molar-refractivity contribution in [3.63, 3.8) is 0 Å². The second kappa shape index (κ2) is 8.75. The Balaban J connectivity index is 1.69. The zero-order chi connectivity index (χ0) is 19.1. The summed E-state index contributed by atoms with van der Waals surface area (Å²) >= 11 is 0. The van der Waals surface area contributed by atoms with Gasteiger partial charge in [-0.15, -0.1) is 0 Å². The second-order valence-corrected chi connectivity index (χ2v) is 5.65. The smallest absolute Gasteiger partial charge is 0.318 e. The normalized spacial score (nSPS) is 11.1. The molecule has 138 valence electrons. The summed E-state index contributed by atoms with van der Waals surface area (Å²) in [5.41, 5.74) is 1.64. The van der Waals surface area contributed by atoms with Crippen LogP contribution >= 0.6 is 0 Å². The van der Waals surface area contributed by atoms with Crippen LogP contribution in [-0.2, 0) is 6.61 Å². The van der Waals surface area contributed by atoms with E-state index >= 15 is 0 Å². The lowest BCUT2D eigenvalue weighted by Gasteiger charge is -2.09. The van der Waals surface area contributed by atoms with Crippen LogP contribution in [0.15, 0.2) is 65.8 Å². The highest BCUT2D eigenvalue weighted by Crippen LogP contribution is 2.17. The van der Waals surface area contributed by atoms with Crippen molar-refractivity contribution in [3.8, 4) is 11.8 Å². The van der Waals surface area contributed by atoms with E-state index in [0.717, 1.165) is 23.2 Å². The van der Waals surface area contributed by atoms with Gasteiger partial charge in [0.15, 0.2) is 11.6 Å². The van der Waals surface area contributed by atoms with Gasteiger partial charge < -0.3 is 14.8 Å². The Labute approximate surface area is 156 Å². The number of aliphatic imine (C=N–C) groups is 1. The van der Waals surface area contributed by atoms with Gasteiger partial charge in [-0.25, -0.2) is 14.4 Å². The number of methoxy groups -OCH3 is 1. The molecule has 3 rings (SSSR count). The first-order valence-electron chi connectivity index (χ1n) is 8.29. The fourth-order valence-corrected chi connectivity index (χ4v) is 2.31. The number of nitrogens with zero attached hydrogens (tertiary/aromatic N) is 3. The van der Waals surface area contributed by atoms with Gasteiger partial charge in [0.25, 0.3) is 0 Å². The van der Waals surface area contributed by atoms with Gasteiger partial charge in [-0.3, -0.25) is 0 Å².